The van der Waals surface area contributed by atoms with Crippen LogP contribution in [0.25, 0.3) is 0 Å². The molecule has 0 spiro atoms. The maximum Gasteiger partial charge on any atom is 0.286 e. The average molecular weight is 473 g/mol. The molecule has 0 aliphatic carbocycles. The van der Waals surface area contributed by atoms with Gasteiger partial charge in [-0.1, -0.05) is 42.9 Å². The molecule has 2 aromatic rings. The van der Waals surface area contributed by atoms with Crippen LogP contribution in [0, 0.1) is 12.8 Å². The number of aryl methyl sites for hydroxylation is 1. The van der Waals surface area contributed by atoms with Crippen LogP contribution in [0.1, 0.15) is 51.9 Å². The second-order valence-corrected chi connectivity index (χ2v) is 9.12. The molecule has 1 saturated heterocycles. The Hall–Kier alpha value is -2.85. The van der Waals surface area contributed by atoms with E-state index in [9.17, 15) is 14.4 Å². The molecule has 1 aromatic heterocycles. The first-order chi connectivity index (χ1) is 15.9. The third-order valence-electron chi connectivity index (χ3n) is 5.81. The van der Waals surface area contributed by atoms with E-state index >= 15 is 0 Å². The zero-order valence-electron chi connectivity index (χ0n) is 19.5. The zero-order chi connectivity index (χ0) is 23.8. The summed E-state index contributed by atoms with van der Waals surface area (Å²) in [5, 5.41) is 13.9. The summed E-state index contributed by atoms with van der Waals surface area (Å²) in [6.07, 6.45) is 1.50. The molecule has 1 unspecified atom stereocenters. The topological polar surface area (TPSA) is 108 Å². The molecule has 178 valence electrons. The van der Waals surface area contributed by atoms with Crippen molar-refractivity contribution in [3.63, 3.8) is 0 Å². The van der Waals surface area contributed by atoms with Crippen molar-refractivity contribution in [3.05, 3.63) is 39.8 Å². The maximum atomic E-state index is 12.9. The van der Waals surface area contributed by atoms with Crippen LogP contribution in [0.3, 0.4) is 0 Å². The molecule has 0 radical (unpaired) electrons. The smallest absolute Gasteiger partial charge is 0.286 e. The fourth-order valence-corrected chi connectivity index (χ4v) is 4.46. The van der Waals surface area contributed by atoms with Gasteiger partial charge in [-0.3, -0.25) is 14.4 Å². The third-order valence-corrected chi connectivity index (χ3v) is 6.72. The van der Waals surface area contributed by atoms with E-state index in [-0.39, 0.29) is 27.7 Å². The van der Waals surface area contributed by atoms with E-state index in [1.165, 1.54) is 0 Å². The molecule has 2 N–H and O–H groups in total. The second kappa shape index (κ2) is 11.9. The van der Waals surface area contributed by atoms with Gasteiger partial charge in [0.2, 0.25) is 15.9 Å². The number of anilines is 1. The van der Waals surface area contributed by atoms with E-state index in [0.29, 0.717) is 25.3 Å². The fourth-order valence-electron chi connectivity index (χ4n) is 3.76. The second-order valence-electron chi connectivity index (χ2n) is 8.14. The van der Waals surface area contributed by atoms with Gasteiger partial charge in [-0.05, 0) is 45.0 Å². The first-order valence-electron chi connectivity index (χ1n) is 11.4. The zero-order valence-corrected chi connectivity index (χ0v) is 20.3. The molecular formula is C23H32N6O3S. The molecule has 0 bridgehead atoms. The van der Waals surface area contributed by atoms with Crippen LogP contribution in [-0.2, 0) is 4.79 Å². The highest BCUT2D eigenvalue weighted by Gasteiger charge is 2.30. The number of rotatable bonds is 9. The predicted molar refractivity (Wildman–Crippen MR) is 128 cm³/mol. The Labute approximate surface area is 198 Å². The normalized spacial score (nSPS) is 16.0. The van der Waals surface area contributed by atoms with Crippen molar-refractivity contribution < 1.29 is 14.4 Å². The number of aromatic nitrogens is 2. The number of likely N-dealkylation sites (N-methyl/N-ethyl adjacent to an activating group) is 1. The first kappa shape index (κ1) is 24.8. The number of likely N-dealkylation sites (tertiary alicyclic amines) is 1. The number of benzene rings is 1. The number of carbonyl (C=O) groups excluding carboxylic acids is 3. The van der Waals surface area contributed by atoms with Crippen LogP contribution in [0.15, 0.2) is 24.3 Å². The monoisotopic (exact) mass is 472 g/mol. The molecule has 3 amide bonds. The highest BCUT2D eigenvalue weighted by Crippen LogP contribution is 2.21. The molecule has 2 heterocycles. The van der Waals surface area contributed by atoms with Gasteiger partial charge in [-0.25, -0.2) is 0 Å². The molecule has 1 atom stereocenters. The largest absolute Gasteiger partial charge is 0.355 e. The molecule has 33 heavy (non-hydrogen) atoms. The van der Waals surface area contributed by atoms with Crippen molar-refractivity contribution in [2.75, 3.05) is 44.6 Å². The molecule has 9 nitrogen and oxygen atoms in total. The lowest BCUT2D eigenvalue weighted by molar-refractivity contribution is -0.126. The van der Waals surface area contributed by atoms with E-state index in [0.717, 1.165) is 49.4 Å². The van der Waals surface area contributed by atoms with Crippen molar-refractivity contribution in [1.29, 1.82) is 0 Å². The molecule has 1 aliphatic rings. The molecule has 1 fully saturated rings. The van der Waals surface area contributed by atoms with E-state index in [4.69, 9.17) is 0 Å². The molecule has 3 rings (SSSR count). The standard InChI is InChI=1S/C23H32N6O3S/c1-4-28(5-2)14-12-24-19(30)17-7-6-13-29(15-17)23(32)22-27-26-21(33-22)20(31)25-18-10-8-16(3)9-11-18/h8-11,17H,4-7,12-15H2,1-3H3,(H,24,30)(H,25,31). The highest BCUT2D eigenvalue weighted by molar-refractivity contribution is 7.15. The summed E-state index contributed by atoms with van der Waals surface area (Å²) in [4.78, 5) is 41.9. The summed E-state index contributed by atoms with van der Waals surface area (Å²) >= 11 is 0.965. The van der Waals surface area contributed by atoms with Gasteiger partial charge >= 0.3 is 0 Å². The fraction of sp³-hybridized carbons (Fsp3) is 0.522. The number of hydrogen-bond acceptors (Lipinski definition) is 7. The summed E-state index contributed by atoms with van der Waals surface area (Å²) in [6.45, 7) is 10.4. The Morgan fingerprint density at radius 2 is 1.82 bits per heavy atom. The van der Waals surface area contributed by atoms with Crippen LogP contribution in [0.4, 0.5) is 5.69 Å². The van der Waals surface area contributed by atoms with Crippen LogP contribution >= 0.6 is 11.3 Å². The number of carbonyl (C=O) groups is 3. The number of nitrogens with one attached hydrogen (secondary N) is 2. The summed E-state index contributed by atoms with van der Waals surface area (Å²) < 4.78 is 0. The van der Waals surface area contributed by atoms with Crippen molar-refractivity contribution in [2.24, 2.45) is 5.92 Å². The minimum Gasteiger partial charge on any atom is -0.355 e. The quantitative estimate of drug-likeness (QED) is 0.580. The summed E-state index contributed by atoms with van der Waals surface area (Å²) in [5.41, 5.74) is 1.74. The summed E-state index contributed by atoms with van der Waals surface area (Å²) in [7, 11) is 0. The van der Waals surface area contributed by atoms with Gasteiger partial charge in [-0.15, -0.1) is 10.2 Å². The Morgan fingerprint density at radius 1 is 1.12 bits per heavy atom. The minimum atomic E-state index is -0.403. The Kier molecular flexibility index (Phi) is 8.90. The van der Waals surface area contributed by atoms with Crippen LogP contribution in [0.2, 0.25) is 0 Å². The highest BCUT2D eigenvalue weighted by atomic mass is 32.1. The van der Waals surface area contributed by atoms with Crippen molar-refractivity contribution in [3.8, 4) is 0 Å². The van der Waals surface area contributed by atoms with Gasteiger partial charge in [0.15, 0.2) is 0 Å². The summed E-state index contributed by atoms with van der Waals surface area (Å²) in [6, 6.07) is 7.41. The van der Waals surface area contributed by atoms with Gasteiger partial charge < -0.3 is 20.4 Å². The van der Waals surface area contributed by atoms with Gasteiger partial charge in [-0.2, -0.15) is 0 Å². The van der Waals surface area contributed by atoms with E-state index in [1.807, 2.05) is 19.1 Å². The lowest BCUT2D eigenvalue weighted by atomic mass is 9.97. The Balaban J connectivity index is 1.54. The van der Waals surface area contributed by atoms with E-state index < -0.39 is 5.91 Å². The van der Waals surface area contributed by atoms with Crippen molar-refractivity contribution >= 4 is 34.7 Å². The molecule has 10 heteroatoms. The van der Waals surface area contributed by atoms with E-state index in [1.54, 1.807) is 17.0 Å². The Bertz CT molecular complexity index is 957. The number of nitrogens with zero attached hydrogens (tertiary/aromatic N) is 4. The minimum absolute atomic E-state index is 0.0184. The molecule has 1 aromatic carbocycles. The number of hydrogen-bond donors (Lipinski definition) is 2. The maximum absolute atomic E-state index is 12.9. The van der Waals surface area contributed by atoms with E-state index in [2.05, 4.69) is 39.6 Å². The van der Waals surface area contributed by atoms with Crippen LogP contribution < -0.4 is 10.6 Å². The summed E-state index contributed by atoms with van der Waals surface area (Å²) in [5.74, 6) is -0.950. The lowest BCUT2D eigenvalue weighted by Gasteiger charge is -2.31. The van der Waals surface area contributed by atoms with Gasteiger partial charge in [0.1, 0.15) is 0 Å². The van der Waals surface area contributed by atoms with Gasteiger partial charge in [0, 0.05) is 31.9 Å². The van der Waals surface area contributed by atoms with Gasteiger partial charge in [0.05, 0.1) is 5.92 Å². The number of amides is 3. The van der Waals surface area contributed by atoms with Crippen LogP contribution in [0.5, 0.6) is 0 Å². The van der Waals surface area contributed by atoms with Crippen LogP contribution in [-0.4, -0.2) is 77.0 Å². The first-order valence-corrected chi connectivity index (χ1v) is 12.2. The number of piperidine rings is 1. The molecular weight excluding hydrogens is 440 g/mol. The SMILES string of the molecule is CCN(CC)CCNC(=O)C1CCCN(C(=O)c2nnc(C(=O)Nc3ccc(C)cc3)s2)C1. The lowest BCUT2D eigenvalue weighted by Crippen LogP contribution is -2.46. The van der Waals surface area contributed by atoms with Crippen molar-refractivity contribution in [2.45, 2.75) is 33.6 Å². The molecule has 0 saturated carbocycles. The van der Waals surface area contributed by atoms with Crippen molar-refractivity contribution in [1.82, 2.24) is 25.3 Å². The predicted octanol–water partition coefficient (Wildman–Crippen LogP) is 2.41. The third kappa shape index (κ3) is 6.82. The Morgan fingerprint density at radius 3 is 2.52 bits per heavy atom. The average Bonchev–Trinajstić information content (AvgIpc) is 3.33. The molecule has 1 aliphatic heterocycles. The van der Waals surface area contributed by atoms with Gasteiger partial charge in [0.25, 0.3) is 11.8 Å².